The molecular formula is C13H17NO5. The second-order valence-corrected chi connectivity index (χ2v) is 4.57. The number of aliphatic hydroxyl groups is 1. The average molecular weight is 267 g/mol. The van der Waals surface area contributed by atoms with Crippen molar-refractivity contribution in [2.45, 2.75) is 32.3 Å². The molecule has 0 aromatic heterocycles. The zero-order valence-corrected chi connectivity index (χ0v) is 11.0. The van der Waals surface area contributed by atoms with E-state index in [4.69, 9.17) is 9.47 Å². The van der Waals surface area contributed by atoms with Crippen LogP contribution >= 0.6 is 0 Å². The molecule has 19 heavy (non-hydrogen) atoms. The van der Waals surface area contributed by atoms with E-state index in [-0.39, 0.29) is 11.6 Å². The predicted molar refractivity (Wildman–Crippen MR) is 68.8 cm³/mol. The number of nitrogens with zero attached hydrogens (tertiary/aromatic N) is 1. The molecule has 0 saturated carbocycles. The van der Waals surface area contributed by atoms with E-state index in [9.17, 15) is 15.2 Å². The molecule has 1 N–H and O–H groups in total. The van der Waals surface area contributed by atoms with Gasteiger partial charge in [0.1, 0.15) is 13.2 Å². The van der Waals surface area contributed by atoms with Crippen LogP contribution in [0.15, 0.2) is 12.1 Å². The maximum Gasteiger partial charge on any atom is 0.276 e. The van der Waals surface area contributed by atoms with Gasteiger partial charge in [0.05, 0.1) is 17.1 Å². The molecule has 6 heteroatoms. The van der Waals surface area contributed by atoms with Crippen molar-refractivity contribution in [2.24, 2.45) is 0 Å². The van der Waals surface area contributed by atoms with E-state index in [0.717, 1.165) is 0 Å². The van der Waals surface area contributed by atoms with Crippen molar-refractivity contribution in [1.82, 2.24) is 0 Å². The fraction of sp³-hybridized carbons (Fsp3) is 0.538. The molecule has 1 aliphatic rings. The minimum atomic E-state index is -0.661. The summed E-state index contributed by atoms with van der Waals surface area (Å²) in [6, 6.07) is 3.00. The summed E-state index contributed by atoms with van der Waals surface area (Å²) in [5.74, 6) is 0.601. The van der Waals surface area contributed by atoms with Crippen molar-refractivity contribution in [1.29, 1.82) is 0 Å². The molecule has 2 atom stereocenters. The van der Waals surface area contributed by atoms with Crippen LogP contribution in [0.3, 0.4) is 0 Å². The molecule has 0 spiro atoms. The van der Waals surface area contributed by atoms with E-state index in [0.29, 0.717) is 36.7 Å². The van der Waals surface area contributed by atoms with Gasteiger partial charge in [0.2, 0.25) is 0 Å². The minimum absolute atomic E-state index is 0.0306. The van der Waals surface area contributed by atoms with Gasteiger partial charge in [-0.3, -0.25) is 10.1 Å². The molecule has 1 aromatic carbocycles. The summed E-state index contributed by atoms with van der Waals surface area (Å²) in [5.41, 5.74) is 0.462. The van der Waals surface area contributed by atoms with Crippen LogP contribution in [0.5, 0.6) is 11.5 Å². The molecule has 2 rings (SSSR count). The van der Waals surface area contributed by atoms with Crippen molar-refractivity contribution in [3.8, 4) is 11.5 Å². The standard InChI is InChI=1S/C13H17NO5/c1-3-9(8(2)15)10-6-12-13(19-5-4-18-12)7-11(10)14(16)17/h6-9,15H,3-5H2,1-2H3. The molecule has 0 saturated heterocycles. The highest BCUT2D eigenvalue weighted by Crippen LogP contribution is 2.41. The molecule has 0 radical (unpaired) electrons. The van der Waals surface area contributed by atoms with Gasteiger partial charge >= 0.3 is 0 Å². The summed E-state index contributed by atoms with van der Waals surface area (Å²) >= 11 is 0. The highest BCUT2D eigenvalue weighted by atomic mass is 16.6. The molecule has 0 fully saturated rings. The van der Waals surface area contributed by atoms with Gasteiger partial charge < -0.3 is 14.6 Å². The Morgan fingerprint density at radius 1 is 1.37 bits per heavy atom. The maximum absolute atomic E-state index is 11.2. The van der Waals surface area contributed by atoms with Crippen molar-refractivity contribution < 1.29 is 19.5 Å². The highest BCUT2D eigenvalue weighted by molar-refractivity contribution is 5.56. The Morgan fingerprint density at radius 3 is 2.42 bits per heavy atom. The first-order valence-corrected chi connectivity index (χ1v) is 6.30. The molecule has 0 amide bonds. The smallest absolute Gasteiger partial charge is 0.276 e. The quantitative estimate of drug-likeness (QED) is 0.668. The number of nitro benzene ring substituents is 1. The summed E-state index contributed by atoms with van der Waals surface area (Å²) in [4.78, 5) is 10.7. The van der Waals surface area contributed by atoms with Crippen LogP contribution in [0.25, 0.3) is 0 Å². The lowest BCUT2D eigenvalue weighted by Gasteiger charge is -2.23. The number of aliphatic hydroxyl groups excluding tert-OH is 1. The minimum Gasteiger partial charge on any atom is -0.486 e. The third kappa shape index (κ3) is 2.63. The van der Waals surface area contributed by atoms with Gasteiger partial charge in [0, 0.05) is 11.5 Å². The topological polar surface area (TPSA) is 81.8 Å². The van der Waals surface area contributed by atoms with Crippen LogP contribution in [0.4, 0.5) is 5.69 Å². The van der Waals surface area contributed by atoms with Crippen LogP contribution in [0.1, 0.15) is 31.7 Å². The number of ether oxygens (including phenoxy) is 2. The normalized spacial score (nSPS) is 16.8. The molecule has 0 aliphatic carbocycles. The Balaban J connectivity index is 2.53. The van der Waals surface area contributed by atoms with Gasteiger partial charge in [-0.15, -0.1) is 0 Å². The lowest BCUT2D eigenvalue weighted by Crippen LogP contribution is -2.19. The Kier molecular flexibility index (Phi) is 3.90. The van der Waals surface area contributed by atoms with Crippen LogP contribution in [0.2, 0.25) is 0 Å². The average Bonchev–Trinajstić information content (AvgIpc) is 2.38. The second kappa shape index (κ2) is 5.44. The Hall–Kier alpha value is -1.82. The number of benzene rings is 1. The fourth-order valence-electron chi connectivity index (χ4n) is 2.37. The largest absolute Gasteiger partial charge is 0.486 e. The summed E-state index contributed by atoms with van der Waals surface area (Å²) in [6.07, 6.45) is -0.0516. The van der Waals surface area contributed by atoms with Crippen molar-refractivity contribution in [3.63, 3.8) is 0 Å². The first kappa shape index (κ1) is 13.6. The number of hydrogen-bond acceptors (Lipinski definition) is 5. The van der Waals surface area contributed by atoms with Gasteiger partial charge in [-0.2, -0.15) is 0 Å². The lowest BCUT2D eigenvalue weighted by molar-refractivity contribution is -0.386. The van der Waals surface area contributed by atoms with Crippen LogP contribution in [-0.2, 0) is 0 Å². The predicted octanol–water partition coefficient (Wildman–Crippen LogP) is 2.24. The number of nitro groups is 1. The first-order chi connectivity index (χ1) is 9.04. The molecule has 6 nitrogen and oxygen atoms in total. The summed E-state index contributed by atoms with van der Waals surface area (Å²) in [7, 11) is 0. The van der Waals surface area contributed by atoms with E-state index in [1.807, 2.05) is 6.92 Å². The fourth-order valence-corrected chi connectivity index (χ4v) is 2.37. The van der Waals surface area contributed by atoms with Gasteiger partial charge in [0.25, 0.3) is 5.69 Å². The number of hydrogen-bond donors (Lipinski definition) is 1. The molecule has 2 unspecified atom stereocenters. The first-order valence-electron chi connectivity index (χ1n) is 6.30. The summed E-state index contributed by atoms with van der Waals surface area (Å²) in [6.45, 7) is 4.33. The van der Waals surface area contributed by atoms with Gasteiger partial charge in [-0.05, 0) is 19.4 Å². The number of rotatable bonds is 4. The van der Waals surface area contributed by atoms with Crippen LogP contribution < -0.4 is 9.47 Å². The number of fused-ring (bicyclic) bond motifs is 1. The Labute approximate surface area is 111 Å². The monoisotopic (exact) mass is 267 g/mol. The SMILES string of the molecule is CCC(c1cc2c(cc1[N+](=O)[O-])OCCO2)C(C)O. The van der Waals surface area contributed by atoms with Gasteiger partial charge in [-0.25, -0.2) is 0 Å². The van der Waals surface area contributed by atoms with Crippen molar-refractivity contribution >= 4 is 5.69 Å². The lowest BCUT2D eigenvalue weighted by atomic mass is 9.90. The molecule has 0 bridgehead atoms. The van der Waals surface area contributed by atoms with E-state index < -0.39 is 11.0 Å². The highest BCUT2D eigenvalue weighted by Gasteiger charge is 2.28. The van der Waals surface area contributed by atoms with E-state index in [2.05, 4.69) is 0 Å². The summed E-state index contributed by atoms with van der Waals surface area (Å²) in [5, 5.41) is 21.0. The molecule has 1 aliphatic heterocycles. The zero-order chi connectivity index (χ0) is 14.0. The molecule has 1 aromatic rings. The van der Waals surface area contributed by atoms with Crippen LogP contribution in [-0.4, -0.2) is 29.3 Å². The van der Waals surface area contributed by atoms with Crippen molar-refractivity contribution in [2.75, 3.05) is 13.2 Å². The van der Waals surface area contributed by atoms with E-state index in [1.165, 1.54) is 6.07 Å². The third-order valence-electron chi connectivity index (χ3n) is 3.31. The second-order valence-electron chi connectivity index (χ2n) is 4.57. The Morgan fingerprint density at radius 2 is 1.95 bits per heavy atom. The Bertz CT molecular complexity index is 486. The molecule has 104 valence electrons. The van der Waals surface area contributed by atoms with Crippen molar-refractivity contribution in [3.05, 3.63) is 27.8 Å². The van der Waals surface area contributed by atoms with Gasteiger partial charge in [-0.1, -0.05) is 6.92 Å². The van der Waals surface area contributed by atoms with E-state index >= 15 is 0 Å². The maximum atomic E-state index is 11.2. The van der Waals surface area contributed by atoms with Gasteiger partial charge in [0.15, 0.2) is 11.5 Å². The molecular weight excluding hydrogens is 250 g/mol. The third-order valence-corrected chi connectivity index (χ3v) is 3.31. The zero-order valence-electron chi connectivity index (χ0n) is 11.0. The van der Waals surface area contributed by atoms with E-state index in [1.54, 1.807) is 13.0 Å². The molecule has 1 heterocycles. The summed E-state index contributed by atoms with van der Waals surface area (Å²) < 4.78 is 10.8. The van der Waals surface area contributed by atoms with Crippen LogP contribution in [0, 0.1) is 10.1 Å².